The second kappa shape index (κ2) is 9.36. The molecule has 2 aromatic carbocycles. The number of allylic oxidation sites excluding steroid dienone is 1. The minimum Gasteiger partial charge on any atom is -0.434 e. The first-order valence-corrected chi connectivity index (χ1v) is 9.67. The molecule has 1 aliphatic heterocycles. The number of rotatable bonds is 6. The van der Waals surface area contributed by atoms with Gasteiger partial charge in [0.15, 0.2) is 5.82 Å². The lowest BCUT2D eigenvalue weighted by Crippen LogP contribution is -2.38. The summed E-state index contributed by atoms with van der Waals surface area (Å²) in [7, 11) is 0. The molecule has 9 heteroatoms. The van der Waals surface area contributed by atoms with Crippen molar-refractivity contribution in [1.29, 1.82) is 5.26 Å². The Hall–Kier alpha value is -3.77. The average Bonchev–Trinajstić information content (AvgIpc) is 3.24. The van der Waals surface area contributed by atoms with Gasteiger partial charge in [-0.15, -0.1) is 10.2 Å². The van der Waals surface area contributed by atoms with E-state index in [4.69, 9.17) is 4.74 Å². The molecule has 0 radical (unpaired) electrons. The molecule has 1 saturated heterocycles. The van der Waals surface area contributed by atoms with Crippen LogP contribution in [0.25, 0.3) is 17.3 Å². The van der Waals surface area contributed by atoms with Crippen molar-refractivity contribution in [2.75, 3.05) is 31.2 Å². The van der Waals surface area contributed by atoms with Crippen molar-refractivity contribution in [3.63, 3.8) is 0 Å². The molecule has 158 valence electrons. The average molecular weight is 423 g/mol. The van der Waals surface area contributed by atoms with Crippen LogP contribution in [0.5, 0.6) is 5.75 Å². The Kier molecular flexibility index (Phi) is 6.19. The van der Waals surface area contributed by atoms with Gasteiger partial charge in [0.1, 0.15) is 11.8 Å². The van der Waals surface area contributed by atoms with Gasteiger partial charge in [-0.05, 0) is 24.3 Å². The van der Waals surface area contributed by atoms with E-state index in [0.29, 0.717) is 43.6 Å². The van der Waals surface area contributed by atoms with Crippen LogP contribution in [-0.2, 0) is 4.74 Å². The molecule has 0 amide bonds. The largest absolute Gasteiger partial charge is 0.434 e. The summed E-state index contributed by atoms with van der Waals surface area (Å²) < 4.78 is 37.4. The number of benzene rings is 2. The van der Waals surface area contributed by atoms with Crippen LogP contribution in [0.2, 0.25) is 0 Å². The number of ether oxygens (including phenoxy) is 2. The molecule has 0 atom stereocenters. The van der Waals surface area contributed by atoms with E-state index in [2.05, 4.69) is 21.0 Å². The second-order valence-corrected chi connectivity index (χ2v) is 6.68. The molecular weight excluding hydrogens is 404 g/mol. The lowest BCUT2D eigenvalue weighted by molar-refractivity contribution is -0.0499. The van der Waals surface area contributed by atoms with Crippen LogP contribution >= 0.6 is 0 Å². The van der Waals surface area contributed by atoms with Gasteiger partial charge < -0.3 is 14.4 Å². The van der Waals surface area contributed by atoms with E-state index < -0.39 is 6.61 Å². The van der Waals surface area contributed by atoms with Gasteiger partial charge in [-0.25, -0.2) is 0 Å². The maximum Gasteiger partial charge on any atom is 0.387 e. The summed E-state index contributed by atoms with van der Waals surface area (Å²) in [4.78, 5) is 2.04. The molecule has 1 aliphatic rings. The first-order valence-electron chi connectivity index (χ1n) is 9.67. The van der Waals surface area contributed by atoms with Crippen LogP contribution in [0.4, 0.5) is 14.7 Å². The van der Waals surface area contributed by atoms with Crippen LogP contribution < -0.4 is 9.64 Å². The van der Waals surface area contributed by atoms with Crippen LogP contribution in [-0.4, -0.2) is 47.7 Å². The number of nitriles is 1. The molecule has 0 aliphatic carbocycles. The normalized spacial score (nSPS) is 14.5. The first-order chi connectivity index (χ1) is 15.2. The summed E-state index contributed by atoms with van der Waals surface area (Å²) in [6.45, 7) is -0.559. The van der Waals surface area contributed by atoms with Gasteiger partial charge in [0.2, 0.25) is 5.95 Å². The number of halogens is 2. The van der Waals surface area contributed by atoms with Gasteiger partial charge in [0, 0.05) is 18.7 Å². The molecule has 3 aromatic rings. The Morgan fingerprint density at radius 2 is 1.77 bits per heavy atom. The molecule has 0 unspecified atom stereocenters. The Bertz CT molecular complexity index is 1100. The number of nitrogens with zero attached hydrogens (tertiary/aromatic N) is 5. The Morgan fingerprint density at radius 3 is 2.48 bits per heavy atom. The summed E-state index contributed by atoms with van der Waals surface area (Å²) >= 11 is 0. The van der Waals surface area contributed by atoms with Crippen molar-refractivity contribution in [2.45, 2.75) is 6.61 Å². The highest BCUT2D eigenvalue weighted by molar-refractivity contribution is 5.89. The molecule has 0 bridgehead atoms. The number of anilines is 1. The highest BCUT2D eigenvalue weighted by atomic mass is 19.3. The standard InChI is InChI=1S/C22H19F2N5O2/c23-21(24)31-19-9-5-4-6-16(19)14-17(15-25)20-26-27-22(28-10-12-30-13-11-28)29(20)18-7-2-1-3-8-18/h1-9,14,21H,10-13H2/b17-14+. The smallest absolute Gasteiger partial charge is 0.387 e. The van der Waals surface area contributed by atoms with Crippen LogP contribution in [0, 0.1) is 11.3 Å². The zero-order valence-electron chi connectivity index (χ0n) is 16.5. The Morgan fingerprint density at radius 1 is 1.06 bits per heavy atom. The maximum atomic E-state index is 12.8. The molecule has 4 rings (SSSR count). The van der Waals surface area contributed by atoms with Crippen molar-refractivity contribution >= 4 is 17.6 Å². The van der Waals surface area contributed by atoms with E-state index in [9.17, 15) is 14.0 Å². The molecule has 1 fully saturated rings. The zero-order chi connectivity index (χ0) is 21.6. The maximum absolute atomic E-state index is 12.8. The van der Waals surface area contributed by atoms with Gasteiger partial charge in [-0.3, -0.25) is 4.57 Å². The fourth-order valence-electron chi connectivity index (χ4n) is 3.34. The second-order valence-electron chi connectivity index (χ2n) is 6.68. The van der Waals surface area contributed by atoms with E-state index in [-0.39, 0.29) is 11.3 Å². The van der Waals surface area contributed by atoms with Gasteiger partial charge >= 0.3 is 6.61 Å². The van der Waals surface area contributed by atoms with E-state index in [1.54, 1.807) is 22.8 Å². The number of hydrogen-bond donors (Lipinski definition) is 0. The SMILES string of the molecule is N#C/C(=C\c1ccccc1OC(F)F)c1nnc(N2CCOCC2)n1-c1ccccc1. The van der Waals surface area contributed by atoms with Crippen molar-refractivity contribution < 1.29 is 18.3 Å². The number of aromatic nitrogens is 3. The summed E-state index contributed by atoms with van der Waals surface area (Å²) in [5.41, 5.74) is 1.29. The van der Waals surface area contributed by atoms with E-state index in [1.807, 2.05) is 35.2 Å². The minimum atomic E-state index is -2.97. The lowest BCUT2D eigenvalue weighted by atomic mass is 10.1. The fourth-order valence-corrected chi connectivity index (χ4v) is 3.34. The van der Waals surface area contributed by atoms with Gasteiger partial charge in [0.25, 0.3) is 0 Å². The van der Waals surface area contributed by atoms with Crippen molar-refractivity contribution in [3.8, 4) is 17.5 Å². The lowest BCUT2D eigenvalue weighted by Gasteiger charge is -2.28. The summed E-state index contributed by atoms with van der Waals surface area (Å²) in [6.07, 6.45) is 1.48. The molecule has 31 heavy (non-hydrogen) atoms. The molecule has 0 N–H and O–H groups in total. The molecule has 0 spiro atoms. The van der Waals surface area contributed by atoms with Gasteiger partial charge in [-0.1, -0.05) is 36.4 Å². The molecular formula is C22H19F2N5O2. The fraction of sp³-hybridized carbons (Fsp3) is 0.227. The predicted octanol–water partition coefficient (Wildman–Crippen LogP) is 3.77. The van der Waals surface area contributed by atoms with Crippen molar-refractivity contribution in [2.24, 2.45) is 0 Å². The monoisotopic (exact) mass is 423 g/mol. The zero-order valence-corrected chi connectivity index (χ0v) is 16.5. The third kappa shape index (κ3) is 4.54. The van der Waals surface area contributed by atoms with E-state index in [1.165, 1.54) is 12.1 Å². The minimum absolute atomic E-state index is 0.0237. The quantitative estimate of drug-likeness (QED) is 0.562. The summed E-state index contributed by atoms with van der Waals surface area (Å²) in [5.74, 6) is 0.870. The Balaban J connectivity index is 1.82. The van der Waals surface area contributed by atoms with Crippen molar-refractivity contribution in [1.82, 2.24) is 14.8 Å². The molecule has 1 aromatic heterocycles. The number of para-hydroxylation sites is 2. The number of alkyl halides is 2. The van der Waals surface area contributed by atoms with E-state index >= 15 is 0 Å². The van der Waals surface area contributed by atoms with Crippen LogP contribution in [0.15, 0.2) is 54.6 Å². The van der Waals surface area contributed by atoms with Crippen LogP contribution in [0.1, 0.15) is 11.4 Å². The summed E-state index contributed by atoms with van der Waals surface area (Å²) in [5, 5.41) is 18.5. The predicted molar refractivity (Wildman–Crippen MR) is 111 cm³/mol. The first kappa shape index (κ1) is 20.5. The number of morpholine rings is 1. The van der Waals surface area contributed by atoms with Crippen molar-refractivity contribution in [3.05, 3.63) is 66.0 Å². The number of hydrogen-bond acceptors (Lipinski definition) is 6. The van der Waals surface area contributed by atoms with E-state index in [0.717, 1.165) is 5.69 Å². The van der Waals surface area contributed by atoms with Crippen LogP contribution in [0.3, 0.4) is 0 Å². The molecule has 0 saturated carbocycles. The molecule has 2 heterocycles. The highest BCUT2D eigenvalue weighted by Crippen LogP contribution is 2.29. The van der Waals surface area contributed by atoms with Gasteiger partial charge in [-0.2, -0.15) is 14.0 Å². The summed E-state index contributed by atoms with van der Waals surface area (Å²) in [6, 6.07) is 17.8. The highest BCUT2D eigenvalue weighted by Gasteiger charge is 2.23. The topological polar surface area (TPSA) is 76.2 Å². The molecule has 7 nitrogen and oxygen atoms in total. The Labute approximate surface area is 177 Å². The third-order valence-corrected chi connectivity index (χ3v) is 4.75. The van der Waals surface area contributed by atoms with Gasteiger partial charge in [0.05, 0.1) is 24.5 Å². The third-order valence-electron chi connectivity index (χ3n) is 4.75.